The van der Waals surface area contributed by atoms with Gasteiger partial charge in [-0.3, -0.25) is 4.79 Å². The molecule has 0 fully saturated rings. The van der Waals surface area contributed by atoms with Gasteiger partial charge in [0.25, 0.3) is 0 Å². The van der Waals surface area contributed by atoms with Crippen LogP contribution in [0.2, 0.25) is 0 Å². The van der Waals surface area contributed by atoms with E-state index in [9.17, 15) is 14.4 Å². The van der Waals surface area contributed by atoms with Crippen LogP contribution in [-0.2, 0) is 16.1 Å². The Morgan fingerprint density at radius 1 is 0.971 bits per heavy atom. The molecule has 2 aromatic rings. The van der Waals surface area contributed by atoms with E-state index in [1.54, 1.807) is 42.3 Å². The number of nitrogens with one attached hydrogen (secondary N) is 3. The molecule has 0 radical (unpaired) electrons. The number of rotatable bonds is 9. The summed E-state index contributed by atoms with van der Waals surface area (Å²) in [5.74, 6) is 0.438. The molecule has 0 spiro atoms. The van der Waals surface area contributed by atoms with Crippen LogP contribution in [0.25, 0.3) is 0 Å². The molecule has 9 nitrogen and oxygen atoms in total. The third-order valence-electron chi connectivity index (χ3n) is 4.67. The topological polar surface area (TPSA) is 109 Å². The molecule has 0 aromatic heterocycles. The maximum atomic E-state index is 12.5. The molecule has 2 rings (SSSR count). The number of amides is 4. The molecule has 2 aromatic carbocycles. The highest BCUT2D eigenvalue weighted by atomic mass is 16.6. The van der Waals surface area contributed by atoms with E-state index in [1.165, 1.54) is 0 Å². The molecule has 0 saturated carbocycles. The van der Waals surface area contributed by atoms with Crippen molar-refractivity contribution < 1.29 is 23.9 Å². The lowest BCUT2D eigenvalue weighted by molar-refractivity contribution is -0.116. The molecule has 9 heteroatoms. The minimum Gasteiger partial charge on any atom is -0.497 e. The first-order chi connectivity index (χ1) is 16.1. The van der Waals surface area contributed by atoms with E-state index < -0.39 is 17.7 Å². The van der Waals surface area contributed by atoms with E-state index in [1.807, 2.05) is 45.9 Å². The molecule has 0 unspecified atom stereocenters. The molecular formula is C25H34N4O5. The van der Waals surface area contributed by atoms with E-state index in [2.05, 4.69) is 16.0 Å². The van der Waals surface area contributed by atoms with Gasteiger partial charge in [0.05, 0.1) is 13.7 Å². The molecule has 4 amide bonds. The van der Waals surface area contributed by atoms with Crippen LogP contribution in [0.1, 0.15) is 39.7 Å². The van der Waals surface area contributed by atoms with Crippen molar-refractivity contribution in [3.63, 3.8) is 0 Å². The van der Waals surface area contributed by atoms with Gasteiger partial charge in [0, 0.05) is 30.9 Å². The highest BCUT2D eigenvalue weighted by Crippen LogP contribution is 2.19. The number of benzene rings is 2. The van der Waals surface area contributed by atoms with Gasteiger partial charge in [-0.05, 0) is 63.6 Å². The number of carbonyl (C=O) groups excluding carboxylic acids is 3. The van der Waals surface area contributed by atoms with Crippen LogP contribution in [0, 0.1) is 0 Å². The number of para-hydroxylation sites is 1. The average molecular weight is 471 g/mol. The molecule has 3 N–H and O–H groups in total. The predicted octanol–water partition coefficient (Wildman–Crippen LogP) is 4.60. The second-order valence-corrected chi connectivity index (χ2v) is 8.56. The summed E-state index contributed by atoms with van der Waals surface area (Å²) in [4.78, 5) is 38.5. The van der Waals surface area contributed by atoms with Crippen LogP contribution in [0.15, 0.2) is 48.5 Å². The summed E-state index contributed by atoms with van der Waals surface area (Å²) < 4.78 is 10.5. The summed E-state index contributed by atoms with van der Waals surface area (Å²) in [7, 11) is 1.57. The van der Waals surface area contributed by atoms with Crippen molar-refractivity contribution in [1.29, 1.82) is 0 Å². The van der Waals surface area contributed by atoms with Crippen LogP contribution < -0.4 is 20.7 Å². The lowest BCUT2D eigenvalue weighted by Gasteiger charge is -2.27. The molecule has 0 atom stereocenters. The third-order valence-corrected chi connectivity index (χ3v) is 4.67. The highest BCUT2D eigenvalue weighted by Gasteiger charge is 2.22. The minimum absolute atomic E-state index is 0.0912. The van der Waals surface area contributed by atoms with Crippen molar-refractivity contribution in [2.24, 2.45) is 0 Å². The normalized spacial score (nSPS) is 10.7. The van der Waals surface area contributed by atoms with E-state index in [4.69, 9.17) is 9.47 Å². The number of methoxy groups -OCH3 is 1. The Labute approximate surface area is 200 Å². The van der Waals surface area contributed by atoms with Crippen LogP contribution in [0.5, 0.6) is 5.75 Å². The lowest BCUT2D eigenvalue weighted by Crippen LogP contribution is -2.36. The van der Waals surface area contributed by atoms with Crippen LogP contribution in [-0.4, -0.2) is 48.7 Å². The number of hydrogen-bond acceptors (Lipinski definition) is 5. The molecule has 0 saturated heterocycles. The van der Waals surface area contributed by atoms with Gasteiger partial charge in [0.15, 0.2) is 0 Å². The summed E-state index contributed by atoms with van der Waals surface area (Å²) in [6, 6.07) is 13.8. The number of hydrogen-bond donors (Lipinski definition) is 3. The fourth-order valence-electron chi connectivity index (χ4n) is 2.97. The van der Waals surface area contributed by atoms with Crippen molar-refractivity contribution in [3.05, 3.63) is 54.1 Å². The SMILES string of the molecule is CCN(Cc1ccccc1NC(=O)CCNC(=O)Nc1ccc(OC)cc1)C(=O)OC(C)(C)C. The average Bonchev–Trinajstić information content (AvgIpc) is 2.77. The molecule has 0 aliphatic carbocycles. The summed E-state index contributed by atoms with van der Waals surface area (Å²) in [6.07, 6.45) is -0.323. The smallest absolute Gasteiger partial charge is 0.410 e. The summed E-state index contributed by atoms with van der Waals surface area (Å²) >= 11 is 0. The minimum atomic E-state index is -0.592. The van der Waals surface area contributed by atoms with Crippen LogP contribution in [0.3, 0.4) is 0 Å². The monoisotopic (exact) mass is 470 g/mol. The maximum Gasteiger partial charge on any atom is 0.410 e. The van der Waals surface area contributed by atoms with Gasteiger partial charge in [-0.25, -0.2) is 9.59 Å². The van der Waals surface area contributed by atoms with Gasteiger partial charge in [0.2, 0.25) is 5.91 Å². The van der Waals surface area contributed by atoms with Crippen molar-refractivity contribution in [3.8, 4) is 5.75 Å². The first-order valence-electron chi connectivity index (χ1n) is 11.2. The summed E-state index contributed by atoms with van der Waals surface area (Å²) in [5, 5.41) is 8.21. The summed E-state index contributed by atoms with van der Waals surface area (Å²) in [6.45, 7) is 8.24. The van der Waals surface area contributed by atoms with Gasteiger partial charge < -0.3 is 30.3 Å². The second kappa shape index (κ2) is 12.5. The van der Waals surface area contributed by atoms with Crippen LogP contribution >= 0.6 is 0 Å². The zero-order valence-corrected chi connectivity index (χ0v) is 20.4. The van der Waals surface area contributed by atoms with E-state index in [0.29, 0.717) is 30.2 Å². The molecule has 0 aliphatic rings. The van der Waals surface area contributed by atoms with Gasteiger partial charge in [-0.1, -0.05) is 18.2 Å². The molecule has 0 aliphatic heterocycles. The Morgan fingerprint density at radius 2 is 1.65 bits per heavy atom. The highest BCUT2D eigenvalue weighted by molar-refractivity contribution is 5.93. The van der Waals surface area contributed by atoms with E-state index >= 15 is 0 Å². The first kappa shape index (κ1) is 26.5. The largest absolute Gasteiger partial charge is 0.497 e. The summed E-state index contributed by atoms with van der Waals surface area (Å²) in [5.41, 5.74) is 1.42. The van der Waals surface area contributed by atoms with Crippen molar-refractivity contribution in [2.45, 2.75) is 46.3 Å². The molecule has 34 heavy (non-hydrogen) atoms. The van der Waals surface area contributed by atoms with Crippen LogP contribution in [0.4, 0.5) is 21.0 Å². The molecule has 0 heterocycles. The van der Waals surface area contributed by atoms with Crippen molar-refractivity contribution in [1.82, 2.24) is 10.2 Å². The van der Waals surface area contributed by atoms with E-state index in [-0.39, 0.29) is 18.9 Å². The Bertz CT molecular complexity index is 970. The predicted molar refractivity (Wildman–Crippen MR) is 132 cm³/mol. The van der Waals surface area contributed by atoms with E-state index in [0.717, 1.165) is 5.56 Å². The van der Waals surface area contributed by atoms with Gasteiger partial charge >= 0.3 is 12.1 Å². The number of ether oxygens (including phenoxy) is 2. The number of nitrogens with zero attached hydrogens (tertiary/aromatic N) is 1. The Balaban J connectivity index is 1.86. The quantitative estimate of drug-likeness (QED) is 0.496. The number of urea groups is 1. The van der Waals surface area contributed by atoms with Gasteiger partial charge in [0.1, 0.15) is 11.4 Å². The molecular weight excluding hydrogens is 436 g/mol. The van der Waals surface area contributed by atoms with Crippen molar-refractivity contribution >= 4 is 29.4 Å². The third kappa shape index (κ3) is 9.01. The maximum absolute atomic E-state index is 12.5. The van der Waals surface area contributed by atoms with Crippen molar-refractivity contribution in [2.75, 3.05) is 30.8 Å². The molecule has 0 bridgehead atoms. The molecule has 184 valence electrons. The van der Waals surface area contributed by atoms with Gasteiger partial charge in [-0.2, -0.15) is 0 Å². The van der Waals surface area contributed by atoms with Gasteiger partial charge in [-0.15, -0.1) is 0 Å². The zero-order valence-electron chi connectivity index (χ0n) is 20.4. The Kier molecular flexibility index (Phi) is 9.73. The first-order valence-corrected chi connectivity index (χ1v) is 11.2. The fourth-order valence-corrected chi connectivity index (χ4v) is 2.97. The fraction of sp³-hybridized carbons (Fsp3) is 0.400. The Hall–Kier alpha value is -3.75. The number of anilines is 2. The zero-order chi connectivity index (χ0) is 25.1. The lowest BCUT2D eigenvalue weighted by atomic mass is 10.1. The number of carbonyl (C=O) groups is 3. The Morgan fingerprint density at radius 3 is 2.26 bits per heavy atom. The standard InChI is InChI=1S/C25H34N4O5/c1-6-29(24(32)34-25(2,3)4)17-18-9-7-8-10-21(18)28-22(30)15-16-26-23(31)27-19-11-13-20(33-5)14-12-19/h7-14H,6,15-17H2,1-5H3,(H,28,30)(H2,26,27,31). The second-order valence-electron chi connectivity index (χ2n) is 8.56.